The van der Waals surface area contributed by atoms with Gasteiger partial charge in [0.05, 0.1) is 64.6 Å². The molecule has 4 aliphatic rings. The number of carbonyl (C=O) groups is 7. The zero-order valence-electron chi connectivity index (χ0n) is 64.4. The highest BCUT2D eigenvalue weighted by Gasteiger charge is 2.56. The molecule has 25 heteroatoms. The van der Waals surface area contributed by atoms with E-state index in [1.54, 1.807) is 35.1 Å². The van der Waals surface area contributed by atoms with Gasteiger partial charge < -0.3 is 58.6 Å². The van der Waals surface area contributed by atoms with Crippen LogP contribution in [0.4, 0.5) is 0 Å². The number of hydrogen-bond donors (Lipinski definition) is 4. The van der Waals surface area contributed by atoms with E-state index in [0.717, 1.165) is 53.8 Å². The number of nitrogens with two attached hydrogens (primary N) is 1. The molecule has 0 bridgehead atoms. The summed E-state index contributed by atoms with van der Waals surface area (Å²) in [5.41, 5.74) is 7.64. The number of benzene rings is 6. The van der Waals surface area contributed by atoms with Crippen LogP contribution in [0.1, 0.15) is 139 Å². The summed E-state index contributed by atoms with van der Waals surface area (Å²) in [6, 6.07) is 55.0. The number of hydrogen-bond acceptors (Lipinski definition) is 18. The summed E-state index contributed by atoms with van der Waals surface area (Å²) < 4.78 is 41.4. The van der Waals surface area contributed by atoms with Crippen molar-refractivity contribution in [2.45, 2.75) is 161 Å². The Morgan fingerprint density at radius 1 is 0.518 bits per heavy atom. The summed E-state index contributed by atoms with van der Waals surface area (Å²) in [5.74, 6) is -5.17. The number of amides is 3. The fourth-order valence-electron chi connectivity index (χ4n) is 17.0. The van der Waals surface area contributed by atoms with E-state index < -0.39 is 119 Å². The number of nitrogens with one attached hydrogen (secondary N) is 3. The van der Waals surface area contributed by atoms with E-state index in [1.807, 2.05) is 123 Å². The van der Waals surface area contributed by atoms with Gasteiger partial charge in [-0.3, -0.25) is 33.6 Å². The molecular weight excluding hydrogens is 1450 g/mol. The second kappa shape index (κ2) is 30.2. The highest BCUT2D eigenvalue weighted by atomic mass is 28.4. The molecule has 4 aliphatic heterocycles. The molecule has 3 atom stereocenters. The Balaban J connectivity index is 0.650. The van der Waals surface area contributed by atoms with Crippen molar-refractivity contribution in [3.63, 3.8) is 0 Å². The average molecular weight is 1540 g/mol. The number of carbonyl (C=O) groups excluding carboxylic acids is 7. The van der Waals surface area contributed by atoms with E-state index in [4.69, 9.17) is 43.5 Å². The SMILES string of the molecule is CCc1c2c(nc3ccc(O[Si](c4ccccc4)(c4ccccc4)C(C)(C)C)cc13)-c1cc3c(c(=O)n1C2)COC(=O)[C@@]3(CC)OC(=O)CNC(=O)CCC(NC(=O)CN)C(=O)NCC(=O)O[C@]1(CC)C(=O)OCc2c1cc1n(c2=O)Cc2c-1nc1ccc(O[Si](c3ccccc3)(c3ccccc3)C(C)(C)C)cc1c2CC. The highest BCUT2D eigenvalue weighted by molar-refractivity contribution is 7.00. The Kier molecular flexibility index (Phi) is 20.8. The standard InChI is InChI=1S/C87H90N8O15Si2/c1-11-58-60-41-52(109-111(84(5,6)7,54-27-19-15-20-28-54)55-29-21-16-22-30-55)35-37-68(60)92-77-62(58)48-94-71(77)43-66-64(80(94)101)50-105-82(103)86(66,13-3)107-75(98)46-89-73(96)40-39-70(91-74(97)45-88)79(100)90-47-76(99)108-87(14-4)67-44-72-78-63(49-95(72)81(102)65(67)51-106-83(87)104)59(12-2)61-42-53(36-38-69(61)93-78)110-112(85(8,9)10,56-31-23-17-24-32-56)57-33-25-18-26-34-57/h15-38,41-44,70H,11-14,39-40,45-51,88H2,1-10H3,(H,89,96)(H,90,100)(H,91,97)/t70?,86-,87-/m0/s1. The largest absolute Gasteiger partial charge is 0.534 e. The molecule has 14 rings (SSSR count). The van der Waals surface area contributed by atoms with Gasteiger partial charge in [0.15, 0.2) is 0 Å². The normalized spacial score (nSPS) is 16.5. The van der Waals surface area contributed by atoms with Crippen LogP contribution in [0, 0.1) is 0 Å². The van der Waals surface area contributed by atoms with Gasteiger partial charge in [0, 0.05) is 39.4 Å². The van der Waals surface area contributed by atoms with Gasteiger partial charge in [-0.2, -0.15) is 0 Å². The molecule has 6 aromatic carbocycles. The van der Waals surface area contributed by atoms with Crippen molar-refractivity contribution in [3.05, 3.63) is 235 Å². The molecule has 23 nitrogen and oxygen atoms in total. The minimum absolute atomic E-state index is 0.0967. The summed E-state index contributed by atoms with van der Waals surface area (Å²) in [4.78, 5) is 137. The number of fused-ring (bicyclic) bond motifs is 10. The average Bonchev–Trinajstić information content (AvgIpc) is 1.50. The Morgan fingerprint density at radius 2 is 0.902 bits per heavy atom. The van der Waals surface area contributed by atoms with E-state index >= 15 is 0 Å². The molecule has 112 heavy (non-hydrogen) atoms. The number of ether oxygens (including phenoxy) is 4. The Morgan fingerprint density at radius 3 is 1.26 bits per heavy atom. The summed E-state index contributed by atoms with van der Waals surface area (Å²) >= 11 is 0. The highest BCUT2D eigenvalue weighted by Crippen LogP contribution is 2.47. The summed E-state index contributed by atoms with van der Waals surface area (Å²) in [6.45, 7) is 18.0. The molecule has 1 unspecified atom stereocenters. The lowest BCUT2D eigenvalue weighted by molar-refractivity contribution is -0.189. The molecule has 0 aliphatic carbocycles. The first-order chi connectivity index (χ1) is 53.7. The van der Waals surface area contributed by atoms with Crippen molar-refractivity contribution < 1.29 is 61.4 Å². The third-order valence-corrected chi connectivity index (χ3v) is 32.4. The van der Waals surface area contributed by atoms with Crippen LogP contribution >= 0.6 is 0 Å². The molecule has 5 N–H and O–H groups in total. The van der Waals surface area contributed by atoms with Crippen LogP contribution in [0.2, 0.25) is 10.1 Å². The first-order valence-corrected chi connectivity index (χ1v) is 41.9. The minimum atomic E-state index is -3.04. The predicted octanol–water partition coefficient (Wildman–Crippen LogP) is 8.73. The van der Waals surface area contributed by atoms with Crippen molar-refractivity contribution in [3.8, 4) is 34.3 Å². The summed E-state index contributed by atoms with van der Waals surface area (Å²) in [5, 5.41) is 12.9. The molecule has 576 valence electrons. The van der Waals surface area contributed by atoms with Gasteiger partial charge in [-0.05, 0) is 123 Å². The smallest absolute Gasteiger partial charge is 0.355 e. The lowest BCUT2D eigenvalue weighted by Crippen LogP contribution is -2.68. The van der Waals surface area contributed by atoms with E-state index in [9.17, 15) is 43.2 Å². The Bertz CT molecular complexity index is 5510. The number of nitrogens with zero attached hydrogens (tertiary/aromatic N) is 4. The maximum Gasteiger partial charge on any atom is 0.355 e. The predicted molar refractivity (Wildman–Crippen MR) is 428 cm³/mol. The lowest BCUT2D eigenvalue weighted by Gasteiger charge is -2.43. The van der Waals surface area contributed by atoms with Gasteiger partial charge in [-0.15, -0.1) is 0 Å². The fourth-order valence-corrected chi connectivity index (χ4v) is 25.8. The monoisotopic (exact) mass is 1540 g/mol. The molecule has 8 heterocycles. The van der Waals surface area contributed by atoms with Gasteiger partial charge in [0.2, 0.25) is 28.9 Å². The third kappa shape index (κ3) is 13.2. The quantitative estimate of drug-likeness (QED) is 0.0250. The summed E-state index contributed by atoms with van der Waals surface area (Å²) in [6.07, 6.45) is -0.0443. The summed E-state index contributed by atoms with van der Waals surface area (Å²) in [7, 11) is -6.07. The number of aryl methyl sites for hydroxylation is 2. The van der Waals surface area contributed by atoms with Crippen LogP contribution in [0.5, 0.6) is 11.5 Å². The zero-order chi connectivity index (χ0) is 79.4. The van der Waals surface area contributed by atoms with E-state index in [1.165, 1.54) is 0 Å². The number of cyclic esters (lactones) is 2. The zero-order valence-corrected chi connectivity index (χ0v) is 66.4. The molecule has 3 amide bonds. The topological polar surface area (TPSA) is 307 Å². The van der Waals surface area contributed by atoms with Gasteiger partial charge in [0.1, 0.15) is 43.8 Å². The Labute approximate surface area is 649 Å². The fraction of sp³-hybridized carbons (Fsp3) is 0.322. The maximum absolute atomic E-state index is 14.8. The number of pyridine rings is 4. The van der Waals surface area contributed by atoms with Crippen LogP contribution in [0.3, 0.4) is 0 Å². The molecule has 0 saturated carbocycles. The van der Waals surface area contributed by atoms with Gasteiger partial charge >= 0.3 is 40.5 Å². The molecule has 0 radical (unpaired) electrons. The first kappa shape index (κ1) is 77.1. The van der Waals surface area contributed by atoms with E-state index in [0.29, 0.717) is 58.1 Å². The van der Waals surface area contributed by atoms with Crippen molar-refractivity contribution in [2.24, 2.45) is 5.73 Å². The van der Waals surface area contributed by atoms with Crippen LogP contribution in [-0.2, 0) is 103 Å². The second-order valence-electron chi connectivity index (χ2n) is 30.9. The van der Waals surface area contributed by atoms with Crippen molar-refractivity contribution in [1.29, 1.82) is 0 Å². The van der Waals surface area contributed by atoms with Crippen LogP contribution in [0.15, 0.2) is 179 Å². The Hall–Kier alpha value is -11.7. The van der Waals surface area contributed by atoms with Gasteiger partial charge in [-0.1, -0.05) is 191 Å². The van der Waals surface area contributed by atoms with E-state index in [-0.39, 0.29) is 71.3 Å². The molecular formula is C87H90N8O15Si2. The molecule has 10 aromatic rings. The lowest BCUT2D eigenvalue weighted by atomic mass is 9.85. The first-order valence-electron chi connectivity index (χ1n) is 38.1. The molecule has 0 saturated heterocycles. The second-order valence-corrected chi connectivity index (χ2v) is 39.3. The van der Waals surface area contributed by atoms with E-state index in [2.05, 4.69) is 106 Å². The van der Waals surface area contributed by atoms with Crippen LogP contribution < -0.4 is 62.4 Å². The van der Waals surface area contributed by atoms with Crippen molar-refractivity contribution in [1.82, 2.24) is 35.1 Å². The van der Waals surface area contributed by atoms with Crippen LogP contribution in [0.25, 0.3) is 44.6 Å². The van der Waals surface area contributed by atoms with Gasteiger partial charge in [-0.25, -0.2) is 19.6 Å². The number of aromatic nitrogens is 4. The van der Waals surface area contributed by atoms with Gasteiger partial charge in [0.25, 0.3) is 11.1 Å². The number of rotatable bonds is 24. The minimum Gasteiger partial charge on any atom is -0.534 e. The van der Waals surface area contributed by atoms with Crippen LogP contribution in [-0.4, -0.2) is 103 Å². The maximum atomic E-state index is 14.8. The third-order valence-electron chi connectivity index (χ3n) is 22.5. The molecule has 4 aromatic heterocycles. The molecule has 0 spiro atoms. The van der Waals surface area contributed by atoms with Crippen molar-refractivity contribution >= 4 is 101 Å². The number of esters is 4. The molecule has 0 fully saturated rings. The van der Waals surface area contributed by atoms with Crippen molar-refractivity contribution in [2.75, 3.05) is 19.6 Å².